The molecule has 2 aliphatic carbocycles. The lowest BCUT2D eigenvalue weighted by molar-refractivity contribution is -0.118. The van der Waals surface area contributed by atoms with E-state index in [0.29, 0.717) is 12.0 Å². The van der Waals surface area contributed by atoms with Gasteiger partial charge in [-0.15, -0.1) is 11.3 Å². The average Bonchev–Trinajstić information content (AvgIpc) is 3.04. The van der Waals surface area contributed by atoms with Gasteiger partial charge in [-0.2, -0.15) is 0 Å². The van der Waals surface area contributed by atoms with E-state index in [9.17, 15) is 9.18 Å². The zero-order valence-corrected chi connectivity index (χ0v) is 17.9. The molecule has 156 valence electrons. The first-order valence-electron chi connectivity index (χ1n) is 10.9. The van der Waals surface area contributed by atoms with Crippen molar-refractivity contribution in [1.29, 1.82) is 0 Å². The second kappa shape index (κ2) is 9.24. The number of halogens is 1. The van der Waals surface area contributed by atoms with Gasteiger partial charge in [-0.3, -0.25) is 4.79 Å². The normalized spacial score (nSPS) is 21.0. The molecule has 0 bridgehead atoms. The maximum Gasteiger partial charge on any atom is 0.209 e. The highest BCUT2D eigenvalue weighted by atomic mass is 32.1. The summed E-state index contributed by atoms with van der Waals surface area (Å²) in [6, 6.07) is 5.54. The number of fused-ring (bicyclic) bond motifs is 3. The Morgan fingerprint density at radius 2 is 2.10 bits per heavy atom. The zero-order chi connectivity index (χ0) is 20.2. The van der Waals surface area contributed by atoms with Crippen LogP contribution in [0.25, 0.3) is 11.3 Å². The van der Waals surface area contributed by atoms with Crippen molar-refractivity contribution in [3.63, 3.8) is 0 Å². The third-order valence-electron chi connectivity index (χ3n) is 6.20. The van der Waals surface area contributed by atoms with Crippen molar-refractivity contribution in [3.8, 4) is 11.3 Å². The largest absolute Gasteiger partial charge is 0.359 e. The van der Waals surface area contributed by atoms with E-state index in [4.69, 9.17) is 4.98 Å². The zero-order valence-electron chi connectivity index (χ0n) is 17.1. The van der Waals surface area contributed by atoms with Crippen LogP contribution in [0.3, 0.4) is 0 Å². The Kier molecular flexibility index (Phi) is 6.48. The Morgan fingerprint density at radius 1 is 1.28 bits per heavy atom. The van der Waals surface area contributed by atoms with Crippen LogP contribution in [-0.2, 0) is 17.6 Å². The van der Waals surface area contributed by atoms with E-state index in [-0.39, 0.29) is 5.82 Å². The number of amides is 1. The van der Waals surface area contributed by atoms with Gasteiger partial charge in [0.05, 0.1) is 5.69 Å². The molecule has 0 saturated heterocycles. The summed E-state index contributed by atoms with van der Waals surface area (Å²) in [5.74, 6) is 0.414. The molecule has 4 nitrogen and oxygen atoms in total. The molecule has 4 rings (SSSR count). The van der Waals surface area contributed by atoms with Crippen LogP contribution in [0.1, 0.15) is 55.9 Å². The van der Waals surface area contributed by atoms with Gasteiger partial charge < -0.3 is 10.2 Å². The number of carbonyl (C=O) groups excluding carboxylic acids is 1. The molecule has 0 atom stereocenters. The minimum Gasteiger partial charge on any atom is -0.359 e. The number of thiazole rings is 1. The fourth-order valence-corrected chi connectivity index (χ4v) is 5.78. The summed E-state index contributed by atoms with van der Waals surface area (Å²) < 4.78 is 13.8. The number of carbonyl (C=O) groups is 1. The lowest BCUT2D eigenvalue weighted by Gasteiger charge is -2.31. The number of aromatic nitrogens is 1. The number of hydrogen-bond donors (Lipinski definition) is 1. The number of anilines is 1. The maximum absolute atomic E-state index is 13.8. The van der Waals surface area contributed by atoms with E-state index < -0.39 is 0 Å². The van der Waals surface area contributed by atoms with Crippen LogP contribution in [0.5, 0.6) is 0 Å². The first-order valence-corrected chi connectivity index (χ1v) is 11.7. The SMILES string of the molecule is CCCN(C=O)C[C@H]1CC[C@H](Nc2nc3c(s2)CCCc2ccc(F)cc2-3)CC1. The van der Waals surface area contributed by atoms with Gasteiger partial charge in [0.25, 0.3) is 0 Å². The first kappa shape index (κ1) is 20.3. The van der Waals surface area contributed by atoms with Crippen molar-refractivity contribution >= 4 is 22.9 Å². The van der Waals surface area contributed by atoms with Crippen LogP contribution in [0.15, 0.2) is 18.2 Å². The highest BCUT2D eigenvalue weighted by Gasteiger charge is 2.25. The molecule has 1 amide bonds. The van der Waals surface area contributed by atoms with Gasteiger partial charge in [0.15, 0.2) is 5.13 Å². The fourth-order valence-electron chi connectivity index (χ4n) is 4.69. The smallest absolute Gasteiger partial charge is 0.209 e. The number of aryl methyl sites for hydroxylation is 2. The van der Waals surface area contributed by atoms with Crippen molar-refractivity contribution in [2.24, 2.45) is 5.92 Å². The predicted octanol–water partition coefficient (Wildman–Crippen LogP) is 5.28. The molecule has 1 aromatic heterocycles. The number of rotatable bonds is 7. The Hall–Kier alpha value is -1.95. The topological polar surface area (TPSA) is 45.2 Å². The summed E-state index contributed by atoms with van der Waals surface area (Å²) >= 11 is 1.73. The number of hydrogen-bond acceptors (Lipinski definition) is 4. The standard InChI is InChI=1S/C23H30FN3OS/c1-2-12-27(15-28)14-16-6-10-19(11-7-16)25-23-26-22-20-13-18(24)9-8-17(20)4-3-5-21(22)29-23/h8-9,13,15-16,19H,2-7,10-12,14H2,1H3,(H,25,26)/t16-,19-. The third kappa shape index (κ3) is 4.80. The average molecular weight is 416 g/mol. The molecule has 0 aliphatic heterocycles. The molecule has 2 aliphatic rings. The fraction of sp³-hybridized carbons (Fsp3) is 0.565. The van der Waals surface area contributed by atoms with E-state index in [1.807, 2.05) is 11.0 Å². The molecule has 0 spiro atoms. The molecule has 1 saturated carbocycles. The summed E-state index contributed by atoms with van der Waals surface area (Å²) in [6.45, 7) is 3.85. The molecule has 29 heavy (non-hydrogen) atoms. The number of benzene rings is 1. The highest BCUT2D eigenvalue weighted by molar-refractivity contribution is 7.16. The quantitative estimate of drug-likeness (QED) is 0.626. The summed E-state index contributed by atoms with van der Waals surface area (Å²) in [5.41, 5.74) is 3.14. The molecular formula is C23H30FN3OS. The van der Waals surface area contributed by atoms with Gasteiger partial charge in [-0.05, 0) is 75.0 Å². The van der Waals surface area contributed by atoms with Crippen LogP contribution in [0.2, 0.25) is 0 Å². The molecule has 1 N–H and O–H groups in total. The van der Waals surface area contributed by atoms with Gasteiger partial charge in [0.2, 0.25) is 6.41 Å². The van der Waals surface area contributed by atoms with Gasteiger partial charge in [0, 0.05) is 29.6 Å². The van der Waals surface area contributed by atoms with Crippen molar-refractivity contribution in [2.75, 3.05) is 18.4 Å². The third-order valence-corrected chi connectivity index (χ3v) is 7.25. The molecule has 0 unspecified atom stereocenters. The molecule has 1 fully saturated rings. The minimum absolute atomic E-state index is 0.190. The second-order valence-corrected chi connectivity index (χ2v) is 9.49. The predicted molar refractivity (Wildman–Crippen MR) is 117 cm³/mol. The Bertz CT molecular complexity index is 845. The van der Waals surface area contributed by atoms with Crippen LogP contribution < -0.4 is 5.32 Å². The second-order valence-electron chi connectivity index (χ2n) is 8.41. The van der Waals surface area contributed by atoms with Crippen molar-refractivity contribution < 1.29 is 9.18 Å². The first-order chi connectivity index (χ1) is 14.2. The van der Waals surface area contributed by atoms with Crippen LogP contribution in [0, 0.1) is 11.7 Å². The van der Waals surface area contributed by atoms with E-state index >= 15 is 0 Å². The van der Waals surface area contributed by atoms with E-state index in [0.717, 1.165) is 87.3 Å². The Balaban J connectivity index is 1.39. The molecule has 1 aromatic carbocycles. The monoisotopic (exact) mass is 415 g/mol. The summed E-state index contributed by atoms with van der Waals surface area (Å²) in [6.07, 6.45) is 9.60. The van der Waals surface area contributed by atoms with Crippen molar-refractivity contribution in [3.05, 3.63) is 34.5 Å². The lowest BCUT2D eigenvalue weighted by atomic mass is 9.86. The van der Waals surface area contributed by atoms with Crippen LogP contribution >= 0.6 is 11.3 Å². The summed E-state index contributed by atoms with van der Waals surface area (Å²) in [5, 5.41) is 4.62. The van der Waals surface area contributed by atoms with E-state index in [1.165, 1.54) is 10.4 Å². The summed E-state index contributed by atoms with van der Waals surface area (Å²) in [4.78, 5) is 19.3. The maximum atomic E-state index is 13.8. The molecule has 2 aromatic rings. The van der Waals surface area contributed by atoms with E-state index in [1.54, 1.807) is 23.5 Å². The molecule has 0 radical (unpaired) electrons. The van der Waals surface area contributed by atoms with E-state index in [2.05, 4.69) is 12.2 Å². The van der Waals surface area contributed by atoms with Gasteiger partial charge >= 0.3 is 0 Å². The summed E-state index contributed by atoms with van der Waals surface area (Å²) in [7, 11) is 0. The lowest BCUT2D eigenvalue weighted by Crippen LogP contribution is -2.33. The van der Waals surface area contributed by atoms with Crippen LogP contribution in [0.4, 0.5) is 9.52 Å². The minimum atomic E-state index is -0.190. The van der Waals surface area contributed by atoms with Crippen LogP contribution in [-0.4, -0.2) is 35.4 Å². The molecule has 1 heterocycles. The van der Waals surface area contributed by atoms with Gasteiger partial charge in [-0.25, -0.2) is 9.37 Å². The van der Waals surface area contributed by atoms with Gasteiger partial charge in [-0.1, -0.05) is 13.0 Å². The Morgan fingerprint density at radius 3 is 2.86 bits per heavy atom. The molecular weight excluding hydrogens is 385 g/mol. The van der Waals surface area contributed by atoms with Crippen molar-refractivity contribution in [1.82, 2.24) is 9.88 Å². The number of nitrogens with one attached hydrogen (secondary N) is 1. The number of nitrogens with zero attached hydrogens (tertiary/aromatic N) is 2. The Labute approximate surface area is 176 Å². The van der Waals surface area contributed by atoms with Crippen molar-refractivity contribution in [2.45, 2.75) is 64.3 Å². The molecule has 6 heteroatoms. The highest BCUT2D eigenvalue weighted by Crippen LogP contribution is 2.38. The van der Waals surface area contributed by atoms with Gasteiger partial charge in [0.1, 0.15) is 5.82 Å².